The number of anilines is 1. The summed E-state index contributed by atoms with van der Waals surface area (Å²) in [4.78, 5) is 16.7. The number of nitrogens with zero attached hydrogens (tertiary/aromatic N) is 1. The molecule has 0 atom stereocenters. The van der Waals surface area contributed by atoms with Gasteiger partial charge in [0.25, 0.3) is 5.91 Å². The van der Waals surface area contributed by atoms with E-state index in [1.54, 1.807) is 48.7 Å². The lowest BCUT2D eigenvalue weighted by molar-refractivity contribution is 0.103. The summed E-state index contributed by atoms with van der Waals surface area (Å²) >= 11 is 1.30. The molecule has 1 amide bonds. The summed E-state index contributed by atoms with van der Waals surface area (Å²) in [6.07, 6.45) is 1.61. The minimum Gasteiger partial charge on any atom is -0.486 e. The molecule has 1 aromatic carbocycles. The van der Waals surface area contributed by atoms with Crippen molar-refractivity contribution in [2.75, 3.05) is 5.32 Å². The third-order valence-electron chi connectivity index (χ3n) is 3.02. The second-order valence-corrected chi connectivity index (χ2v) is 5.62. The molecule has 0 saturated heterocycles. The molecule has 0 unspecified atom stereocenters. The van der Waals surface area contributed by atoms with E-state index in [9.17, 15) is 9.18 Å². The lowest BCUT2D eigenvalue weighted by Crippen LogP contribution is -2.11. The normalized spacial score (nSPS) is 10.3. The highest BCUT2D eigenvalue weighted by Gasteiger charge is 2.11. The number of rotatable bonds is 5. The highest BCUT2D eigenvalue weighted by molar-refractivity contribution is 7.12. The largest absolute Gasteiger partial charge is 0.486 e. The molecule has 0 aliphatic carbocycles. The summed E-state index contributed by atoms with van der Waals surface area (Å²) in [5.74, 6) is 0.0509. The average Bonchev–Trinajstić information content (AvgIpc) is 3.04. The Kier molecular flexibility index (Phi) is 4.63. The first-order chi connectivity index (χ1) is 11.2. The maximum atomic E-state index is 13.5. The van der Waals surface area contributed by atoms with Gasteiger partial charge in [-0.25, -0.2) is 9.37 Å². The van der Waals surface area contributed by atoms with E-state index in [2.05, 4.69) is 10.3 Å². The zero-order chi connectivity index (χ0) is 16.1. The van der Waals surface area contributed by atoms with Crippen LogP contribution in [0.15, 0.2) is 60.1 Å². The summed E-state index contributed by atoms with van der Waals surface area (Å²) in [5.41, 5.74) is 0.810. The van der Waals surface area contributed by atoms with Crippen LogP contribution in [0.5, 0.6) is 5.75 Å². The Bertz CT molecular complexity index is 805. The van der Waals surface area contributed by atoms with E-state index in [1.165, 1.54) is 17.4 Å². The summed E-state index contributed by atoms with van der Waals surface area (Å²) in [5, 5.41) is 4.53. The Balaban J connectivity index is 1.62. The summed E-state index contributed by atoms with van der Waals surface area (Å²) in [6.45, 7) is 0.203. The third kappa shape index (κ3) is 3.92. The first-order valence-electron chi connectivity index (χ1n) is 6.89. The van der Waals surface area contributed by atoms with Crippen LogP contribution in [0.25, 0.3) is 0 Å². The lowest BCUT2D eigenvalue weighted by atomic mass is 10.3. The lowest BCUT2D eigenvalue weighted by Gasteiger charge is -2.05. The minimum absolute atomic E-state index is 0.193. The van der Waals surface area contributed by atoms with Gasteiger partial charge in [-0.3, -0.25) is 4.79 Å². The number of halogens is 1. The number of hydrogen-bond acceptors (Lipinski definition) is 4. The van der Waals surface area contributed by atoms with Gasteiger partial charge in [0.1, 0.15) is 12.4 Å². The highest BCUT2D eigenvalue weighted by Crippen LogP contribution is 2.20. The molecule has 116 valence electrons. The molecule has 0 radical (unpaired) electrons. The van der Waals surface area contributed by atoms with Crippen molar-refractivity contribution >= 4 is 23.1 Å². The van der Waals surface area contributed by atoms with Gasteiger partial charge in [-0.15, -0.1) is 11.3 Å². The van der Waals surface area contributed by atoms with E-state index in [-0.39, 0.29) is 18.3 Å². The van der Waals surface area contributed by atoms with Crippen LogP contribution < -0.4 is 10.1 Å². The van der Waals surface area contributed by atoms with E-state index in [0.717, 1.165) is 5.56 Å². The topological polar surface area (TPSA) is 51.2 Å². The second-order valence-electron chi connectivity index (χ2n) is 4.71. The third-order valence-corrected chi connectivity index (χ3v) is 3.99. The molecule has 23 heavy (non-hydrogen) atoms. The molecule has 2 aromatic heterocycles. The molecule has 0 bridgehead atoms. The number of carbonyl (C=O) groups is 1. The molecule has 2 heterocycles. The predicted octanol–water partition coefficient (Wildman–Crippen LogP) is 4.11. The van der Waals surface area contributed by atoms with E-state index in [4.69, 9.17) is 4.74 Å². The smallest absolute Gasteiger partial charge is 0.266 e. The SMILES string of the molecule is O=C(Nc1ccccn1)c1cc(COc2ccccc2F)cs1. The van der Waals surface area contributed by atoms with Gasteiger partial charge in [-0.2, -0.15) is 0 Å². The quantitative estimate of drug-likeness (QED) is 0.767. The molecule has 0 aliphatic rings. The predicted molar refractivity (Wildman–Crippen MR) is 87.2 cm³/mol. The molecule has 0 saturated carbocycles. The van der Waals surface area contributed by atoms with Crippen molar-refractivity contribution in [3.05, 3.63) is 76.4 Å². The first-order valence-corrected chi connectivity index (χ1v) is 7.77. The fraction of sp³-hybridized carbons (Fsp3) is 0.0588. The van der Waals surface area contributed by atoms with Crippen molar-refractivity contribution in [1.82, 2.24) is 4.98 Å². The molecule has 0 fully saturated rings. The fourth-order valence-electron chi connectivity index (χ4n) is 1.91. The Morgan fingerprint density at radius 2 is 2.04 bits per heavy atom. The number of para-hydroxylation sites is 1. The summed E-state index contributed by atoms with van der Waals surface area (Å²) < 4.78 is 18.9. The first kappa shape index (κ1) is 15.2. The Morgan fingerprint density at radius 1 is 1.22 bits per heavy atom. The molecule has 6 heteroatoms. The molecular weight excluding hydrogens is 315 g/mol. The van der Waals surface area contributed by atoms with Crippen molar-refractivity contribution < 1.29 is 13.9 Å². The van der Waals surface area contributed by atoms with E-state index in [0.29, 0.717) is 10.7 Å². The van der Waals surface area contributed by atoms with Crippen molar-refractivity contribution in [3.63, 3.8) is 0 Å². The number of thiophene rings is 1. The Morgan fingerprint density at radius 3 is 2.83 bits per heavy atom. The number of pyridine rings is 1. The zero-order valence-corrected chi connectivity index (χ0v) is 12.8. The van der Waals surface area contributed by atoms with Gasteiger partial charge in [0.05, 0.1) is 4.88 Å². The molecular formula is C17H13FN2O2S. The number of nitrogens with one attached hydrogen (secondary N) is 1. The maximum absolute atomic E-state index is 13.5. The number of carbonyl (C=O) groups excluding carboxylic acids is 1. The van der Waals surface area contributed by atoms with Crippen molar-refractivity contribution in [2.24, 2.45) is 0 Å². The van der Waals surface area contributed by atoms with E-state index < -0.39 is 5.82 Å². The van der Waals surface area contributed by atoms with Crippen molar-refractivity contribution in [3.8, 4) is 5.75 Å². The Hall–Kier alpha value is -2.73. The van der Waals surface area contributed by atoms with Gasteiger partial charge >= 0.3 is 0 Å². The zero-order valence-electron chi connectivity index (χ0n) is 12.0. The number of benzene rings is 1. The molecule has 1 N–H and O–H groups in total. The highest BCUT2D eigenvalue weighted by atomic mass is 32.1. The molecule has 0 spiro atoms. The standard InChI is InChI=1S/C17H13FN2O2S/c18-13-5-1-2-6-14(13)22-10-12-9-15(23-11-12)17(21)20-16-7-3-4-8-19-16/h1-9,11H,10H2,(H,19,20,21). The van der Waals surface area contributed by atoms with Crippen LogP contribution in [-0.2, 0) is 6.61 Å². The van der Waals surface area contributed by atoms with E-state index in [1.807, 2.05) is 5.38 Å². The number of amides is 1. The van der Waals surface area contributed by atoms with Crippen LogP contribution in [-0.4, -0.2) is 10.9 Å². The van der Waals surface area contributed by atoms with Gasteiger partial charge in [0.15, 0.2) is 11.6 Å². The van der Waals surface area contributed by atoms with Crippen LogP contribution in [0.2, 0.25) is 0 Å². The monoisotopic (exact) mass is 328 g/mol. The van der Waals surface area contributed by atoms with Gasteiger partial charge < -0.3 is 10.1 Å². The van der Waals surface area contributed by atoms with Crippen LogP contribution in [0.4, 0.5) is 10.2 Å². The number of aromatic nitrogens is 1. The van der Waals surface area contributed by atoms with Crippen LogP contribution >= 0.6 is 11.3 Å². The van der Waals surface area contributed by atoms with Gasteiger partial charge in [-0.05, 0) is 35.7 Å². The van der Waals surface area contributed by atoms with Crippen LogP contribution in [0.3, 0.4) is 0 Å². The van der Waals surface area contributed by atoms with Crippen molar-refractivity contribution in [2.45, 2.75) is 6.61 Å². The molecule has 3 rings (SSSR count). The Labute approximate surface area is 136 Å². The van der Waals surface area contributed by atoms with Crippen molar-refractivity contribution in [1.29, 1.82) is 0 Å². The number of hydrogen-bond donors (Lipinski definition) is 1. The summed E-state index contributed by atoms with van der Waals surface area (Å²) in [7, 11) is 0. The van der Waals surface area contributed by atoms with Crippen LogP contribution in [0.1, 0.15) is 15.2 Å². The fourth-order valence-corrected chi connectivity index (χ4v) is 2.70. The maximum Gasteiger partial charge on any atom is 0.266 e. The molecule has 0 aliphatic heterocycles. The minimum atomic E-state index is -0.407. The number of ether oxygens (including phenoxy) is 1. The summed E-state index contributed by atoms with van der Waals surface area (Å²) in [6, 6.07) is 13.2. The van der Waals surface area contributed by atoms with Crippen LogP contribution in [0, 0.1) is 5.82 Å². The molecule has 3 aromatic rings. The molecule has 4 nitrogen and oxygen atoms in total. The van der Waals surface area contributed by atoms with Gasteiger partial charge in [0, 0.05) is 11.8 Å². The second kappa shape index (κ2) is 7.02. The van der Waals surface area contributed by atoms with E-state index >= 15 is 0 Å². The average molecular weight is 328 g/mol. The van der Waals surface area contributed by atoms with Gasteiger partial charge in [0.2, 0.25) is 0 Å². The van der Waals surface area contributed by atoms with Gasteiger partial charge in [-0.1, -0.05) is 18.2 Å².